The van der Waals surface area contributed by atoms with Crippen LogP contribution in [0.5, 0.6) is 0 Å². The average Bonchev–Trinajstić information content (AvgIpc) is 2.52. The van der Waals surface area contributed by atoms with Gasteiger partial charge in [0.15, 0.2) is 0 Å². The molecule has 14 heavy (non-hydrogen) atoms. The van der Waals surface area contributed by atoms with Crippen molar-refractivity contribution in [3.8, 4) is 0 Å². The first kappa shape index (κ1) is 11.5. The summed E-state index contributed by atoms with van der Waals surface area (Å²) in [5, 5.41) is 12.0. The van der Waals surface area contributed by atoms with Gasteiger partial charge in [-0.3, -0.25) is 4.79 Å². The highest BCUT2D eigenvalue weighted by Gasteiger charge is 2.33. The van der Waals surface area contributed by atoms with Crippen LogP contribution >= 0.6 is 0 Å². The average molecular weight is 201 g/mol. The third-order valence-electron chi connectivity index (χ3n) is 2.52. The van der Waals surface area contributed by atoms with E-state index in [9.17, 15) is 4.79 Å². The Labute approximate surface area is 84.6 Å². The van der Waals surface area contributed by atoms with Crippen molar-refractivity contribution in [2.24, 2.45) is 0 Å². The lowest BCUT2D eigenvalue weighted by Crippen LogP contribution is -2.46. The summed E-state index contributed by atoms with van der Waals surface area (Å²) in [4.78, 5) is 11.0. The van der Waals surface area contributed by atoms with Crippen molar-refractivity contribution in [2.75, 3.05) is 6.54 Å². The van der Waals surface area contributed by atoms with Crippen molar-refractivity contribution >= 4 is 5.97 Å². The number of carbonyl (C=O) groups is 1. The van der Waals surface area contributed by atoms with Gasteiger partial charge in [-0.15, -0.1) is 0 Å². The minimum atomic E-state index is -0.808. The van der Waals surface area contributed by atoms with Crippen molar-refractivity contribution in [1.29, 1.82) is 0 Å². The fourth-order valence-corrected chi connectivity index (χ4v) is 1.76. The van der Waals surface area contributed by atoms with Crippen LogP contribution in [-0.2, 0) is 9.53 Å². The van der Waals surface area contributed by atoms with Gasteiger partial charge in [-0.1, -0.05) is 6.92 Å². The molecule has 82 valence electrons. The highest BCUT2D eigenvalue weighted by molar-refractivity contribution is 5.74. The first-order valence-electron chi connectivity index (χ1n) is 5.26. The number of nitrogens with one attached hydrogen (secondary N) is 1. The molecule has 0 aromatic carbocycles. The molecule has 0 radical (unpaired) electrons. The van der Waals surface area contributed by atoms with Crippen molar-refractivity contribution in [2.45, 2.75) is 51.4 Å². The molecular formula is C10H19NO3. The summed E-state index contributed by atoms with van der Waals surface area (Å²) in [5.74, 6) is -0.808. The zero-order valence-corrected chi connectivity index (χ0v) is 8.82. The summed E-state index contributed by atoms with van der Waals surface area (Å²) in [6, 6.07) is -0.542. The normalized spacial score (nSPS) is 29.0. The first-order valence-corrected chi connectivity index (χ1v) is 5.26. The second kappa shape index (κ2) is 5.32. The van der Waals surface area contributed by atoms with Crippen LogP contribution in [0.1, 0.15) is 33.1 Å². The largest absolute Gasteiger partial charge is 0.480 e. The zero-order chi connectivity index (χ0) is 10.6. The molecule has 1 heterocycles. The van der Waals surface area contributed by atoms with E-state index >= 15 is 0 Å². The maximum Gasteiger partial charge on any atom is 0.323 e. The van der Waals surface area contributed by atoms with Crippen molar-refractivity contribution in [3.05, 3.63) is 0 Å². The fraction of sp³-hybridized carbons (Fsp3) is 0.900. The maximum absolute atomic E-state index is 11.0. The highest BCUT2D eigenvalue weighted by Crippen LogP contribution is 2.21. The van der Waals surface area contributed by atoms with Gasteiger partial charge in [0.1, 0.15) is 6.04 Å². The van der Waals surface area contributed by atoms with Crippen LogP contribution in [0, 0.1) is 0 Å². The van der Waals surface area contributed by atoms with Gasteiger partial charge in [0.2, 0.25) is 0 Å². The Morgan fingerprint density at radius 3 is 2.79 bits per heavy atom. The molecule has 0 aliphatic carbocycles. The highest BCUT2D eigenvalue weighted by atomic mass is 16.5. The Hall–Kier alpha value is -0.610. The smallest absolute Gasteiger partial charge is 0.323 e. The molecule has 0 spiro atoms. The van der Waals surface area contributed by atoms with Crippen molar-refractivity contribution in [1.82, 2.24) is 5.32 Å². The van der Waals surface area contributed by atoms with E-state index < -0.39 is 12.0 Å². The molecule has 1 rings (SSSR count). The van der Waals surface area contributed by atoms with Gasteiger partial charge in [-0.25, -0.2) is 0 Å². The first-order chi connectivity index (χ1) is 6.65. The molecule has 2 N–H and O–H groups in total. The van der Waals surface area contributed by atoms with E-state index in [1.165, 1.54) is 0 Å². The quantitative estimate of drug-likeness (QED) is 0.697. The summed E-state index contributed by atoms with van der Waals surface area (Å²) in [5.41, 5.74) is 0. The van der Waals surface area contributed by atoms with Crippen LogP contribution in [0.15, 0.2) is 0 Å². The van der Waals surface area contributed by atoms with Crippen molar-refractivity contribution in [3.63, 3.8) is 0 Å². The lowest BCUT2D eigenvalue weighted by molar-refractivity contribution is -0.143. The number of ether oxygens (including phenoxy) is 1. The van der Waals surface area contributed by atoms with Crippen molar-refractivity contribution < 1.29 is 14.6 Å². The van der Waals surface area contributed by atoms with Gasteiger partial charge < -0.3 is 15.2 Å². The Kier molecular flexibility index (Phi) is 4.35. The third kappa shape index (κ3) is 2.96. The summed E-state index contributed by atoms with van der Waals surface area (Å²) in [7, 11) is 0. The monoisotopic (exact) mass is 201 g/mol. The molecule has 3 atom stereocenters. The minimum Gasteiger partial charge on any atom is -0.480 e. The Bertz CT molecular complexity index is 196. The van der Waals surface area contributed by atoms with E-state index in [4.69, 9.17) is 9.84 Å². The number of hydrogen-bond donors (Lipinski definition) is 2. The molecule has 3 unspecified atom stereocenters. The molecule has 1 saturated heterocycles. The maximum atomic E-state index is 11.0. The Morgan fingerprint density at radius 2 is 2.36 bits per heavy atom. The van der Waals surface area contributed by atoms with Gasteiger partial charge in [-0.05, 0) is 32.7 Å². The predicted octanol–water partition coefficient (Wildman–Crippen LogP) is 1.01. The molecule has 0 saturated carbocycles. The van der Waals surface area contributed by atoms with Gasteiger partial charge in [0.25, 0.3) is 0 Å². The van der Waals surface area contributed by atoms with Crippen LogP contribution in [0.25, 0.3) is 0 Å². The lowest BCUT2D eigenvalue weighted by Gasteiger charge is -2.20. The number of hydrogen-bond acceptors (Lipinski definition) is 3. The predicted molar refractivity (Wildman–Crippen MR) is 53.3 cm³/mol. The number of aliphatic carboxylic acids is 1. The number of carboxylic acid groups (broad SMARTS) is 1. The minimum absolute atomic E-state index is 0.158. The second-order valence-corrected chi connectivity index (χ2v) is 3.83. The third-order valence-corrected chi connectivity index (χ3v) is 2.52. The van der Waals surface area contributed by atoms with E-state index in [0.29, 0.717) is 0 Å². The Balaban J connectivity index is 2.45. The molecule has 1 aliphatic heterocycles. The zero-order valence-electron chi connectivity index (χ0n) is 8.82. The van der Waals surface area contributed by atoms with E-state index in [0.717, 1.165) is 25.8 Å². The summed E-state index contributed by atoms with van der Waals surface area (Å²) in [6.45, 7) is 4.73. The number of rotatable bonds is 5. The van der Waals surface area contributed by atoms with Crippen LogP contribution in [0.3, 0.4) is 0 Å². The van der Waals surface area contributed by atoms with Gasteiger partial charge in [-0.2, -0.15) is 0 Å². The topological polar surface area (TPSA) is 58.6 Å². The summed E-state index contributed by atoms with van der Waals surface area (Å²) >= 11 is 0. The molecule has 4 nitrogen and oxygen atoms in total. The van der Waals surface area contributed by atoms with Gasteiger partial charge in [0, 0.05) is 0 Å². The standard InChI is InChI=1S/C10H19NO3/c1-3-6-11-9(10(12)13)8-5-4-7(2)14-8/h7-9,11H,3-6H2,1-2H3,(H,12,13). The summed E-state index contributed by atoms with van der Waals surface area (Å²) < 4.78 is 5.54. The molecule has 0 aromatic rings. The fourth-order valence-electron chi connectivity index (χ4n) is 1.76. The molecule has 0 aromatic heterocycles. The lowest BCUT2D eigenvalue weighted by atomic mass is 10.1. The Morgan fingerprint density at radius 1 is 1.64 bits per heavy atom. The SMILES string of the molecule is CCCNC(C(=O)O)C1CCC(C)O1. The second-order valence-electron chi connectivity index (χ2n) is 3.83. The molecule has 0 bridgehead atoms. The van der Waals surface area contributed by atoms with Gasteiger partial charge in [0.05, 0.1) is 12.2 Å². The van der Waals surface area contributed by atoms with Gasteiger partial charge >= 0.3 is 5.97 Å². The van der Waals surface area contributed by atoms with Crippen LogP contribution in [-0.4, -0.2) is 35.9 Å². The molecule has 4 heteroatoms. The van der Waals surface area contributed by atoms with Crippen LogP contribution < -0.4 is 5.32 Å². The molecule has 1 aliphatic rings. The number of carboxylic acids is 1. The van der Waals surface area contributed by atoms with E-state index in [1.54, 1.807) is 0 Å². The summed E-state index contributed by atoms with van der Waals surface area (Å²) in [6.07, 6.45) is 2.78. The molecule has 1 fully saturated rings. The molecular weight excluding hydrogens is 182 g/mol. The van der Waals surface area contributed by atoms with E-state index in [2.05, 4.69) is 5.32 Å². The van der Waals surface area contributed by atoms with E-state index in [1.807, 2.05) is 13.8 Å². The van der Waals surface area contributed by atoms with Crippen LogP contribution in [0.2, 0.25) is 0 Å². The molecule has 0 amide bonds. The van der Waals surface area contributed by atoms with E-state index in [-0.39, 0.29) is 12.2 Å². The van der Waals surface area contributed by atoms with Crippen LogP contribution in [0.4, 0.5) is 0 Å².